The highest BCUT2D eigenvalue weighted by Crippen LogP contribution is 2.20. The number of oxime groups is 1. The molecule has 0 aliphatic carbocycles. The molecule has 0 bridgehead atoms. The van der Waals surface area contributed by atoms with Gasteiger partial charge in [0.1, 0.15) is 10.7 Å². The van der Waals surface area contributed by atoms with E-state index in [0.29, 0.717) is 15.6 Å². The van der Waals surface area contributed by atoms with E-state index in [-0.39, 0.29) is 6.61 Å². The molecular weight excluding hydrogens is 320 g/mol. The highest BCUT2D eigenvalue weighted by atomic mass is 35.5. The van der Waals surface area contributed by atoms with Gasteiger partial charge in [-0.25, -0.2) is 0 Å². The molecule has 1 aromatic carbocycles. The lowest BCUT2D eigenvalue weighted by molar-refractivity contribution is 0.181. The minimum Gasteiger partial charge on any atom is -0.469 e. The van der Waals surface area contributed by atoms with Gasteiger partial charge in [0, 0.05) is 16.3 Å². The van der Waals surface area contributed by atoms with Gasteiger partial charge < -0.3 is 14.6 Å². The van der Waals surface area contributed by atoms with E-state index in [1.54, 1.807) is 12.3 Å². The molecule has 1 N–H and O–H groups in total. The van der Waals surface area contributed by atoms with Crippen LogP contribution in [0.4, 0.5) is 5.69 Å². The van der Waals surface area contributed by atoms with Gasteiger partial charge in [-0.05, 0) is 31.2 Å². The molecule has 0 aliphatic rings. The minimum absolute atomic E-state index is 0.107. The van der Waals surface area contributed by atoms with Crippen LogP contribution in [-0.2, 0) is 4.84 Å². The maximum absolute atomic E-state index is 6.11. The van der Waals surface area contributed by atoms with Crippen LogP contribution in [0.15, 0.2) is 40.1 Å². The summed E-state index contributed by atoms with van der Waals surface area (Å²) in [6, 6.07) is 7.20. The summed E-state index contributed by atoms with van der Waals surface area (Å²) < 4.78 is 5.24. The zero-order valence-electron chi connectivity index (χ0n) is 11.8. The van der Waals surface area contributed by atoms with Crippen LogP contribution in [0.25, 0.3) is 0 Å². The molecule has 1 aromatic heterocycles. The fourth-order valence-corrected chi connectivity index (χ4v) is 2.20. The minimum atomic E-state index is 0.107. The molecular formula is C16H13ClN2O2S. The number of rotatable bonds is 5. The maximum atomic E-state index is 6.11. The Balaban J connectivity index is 2.12. The van der Waals surface area contributed by atoms with E-state index in [0.717, 1.165) is 17.0 Å². The van der Waals surface area contributed by atoms with Crippen LogP contribution in [0.3, 0.4) is 0 Å². The van der Waals surface area contributed by atoms with E-state index in [1.165, 1.54) is 6.21 Å². The Morgan fingerprint density at radius 1 is 1.55 bits per heavy atom. The molecule has 22 heavy (non-hydrogen) atoms. The van der Waals surface area contributed by atoms with Crippen molar-refractivity contribution in [3.05, 3.63) is 52.4 Å². The average Bonchev–Trinajstić information content (AvgIpc) is 2.93. The molecule has 0 radical (unpaired) electrons. The smallest absolute Gasteiger partial charge is 0.177 e. The van der Waals surface area contributed by atoms with Crippen LogP contribution >= 0.6 is 23.8 Å². The van der Waals surface area contributed by atoms with Crippen LogP contribution in [-0.4, -0.2) is 17.8 Å². The summed E-state index contributed by atoms with van der Waals surface area (Å²) in [5, 5.41) is 7.43. The summed E-state index contributed by atoms with van der Waals surface area (Å²) in [5.41, 5.74) is 2.32. The summed E-state index contributed by atoms with van der Waals surface area (Å²) in [4.78, 5) is 5.42. The number of hydrogen-bond acceptors (Lipinski definition) is 4. The first kappa shape index (κ1) is 16.1. The van der Waals surface area contributed by atoms with Gasteiger partial charge in [-0.3, -0.25) is 0 Å². The monoisotopic (exact) mass is 332 g/mol. The summed E-state index contributed by atoms with van der Waals surface area (Å²) in [6.45, 7) is 1.96. The summed E-state index contributed by atoms with van der Waals surface area (Å²) in [7, 11) is 0. The third-order valence-electron chi connectivity index (χ3n) is 2.77. The lowest BCUT2D eigenvalue weighted by Gasteiger charge is -2.08. The van der Waals surface area contributed by atoms with E-state index in [2.05, 4.69) is 16.4 Å². The number of nitrogens with zero attached hydrogens (tertiary/aromatic N) is 1. The molecule has 0 unspecified atom stereocenters. The van der Waals surface area contributed by atoms with Crippen molar-refractivity contribution in [1.29, 1.82) is 0 Å². The van der Waals surface area contributed by atoms with Crippen LogP contribution in [0.5, 0.6) is 0 Å². The predicted octanol–water partition coefficient (Wildman–Crippen LogP) is 4.01. The predicted molar refractivity (Wildman–Crippen MR) is 92.6 cm³/mol. The Bertz CT molecular complexity index is 747. The van der Waals surface area contributed by atoms with Crippen molar-refractivity contribution in [2.24, 2.45) is 5.16 Å². The Hall–Kier alpha value is -2.29. The van der Waals surface area contributed by atoms with Gasteiger partial charge in [-0.15, -0.1) is 6.42 Å². The van der Waals surface area contributed by atoms with Crippen molar-refractivity contribution < 1.29 is 9.25 Å². The fraction of sp³-hybridized carbons (Fsp3) is 0.125. The SMILES string of the molecule is C#CCON=Cc1cc(NC(=S)c2ccoc2C)ccc1Cl. The summed E-state index contributed by atoms with van der Waals surface area (Å²) in [5.74, 6) is 3.08. The van der Waals surface area contributed by atoms with E-state index >= 15 is 0 Å². The van der Waals surface area contributed by atoms with Gasteiger partial charge in [0.05, 0.1) is 18.0 Å². The van der Waals surface area contributed by atoms with Gasteiger partial charge in [-0.1, -0.05) is 34.9 Å². The van der Waals surface area contributed by atoms with E-state index < -0.39 is 0 Å². The third kappa shape index (κ3) is 4.10. The average molecular weight is 333 g/mol. The Kier molecular flexibility index (Phi) is 5.59. The second-order valence-corrected chi connectivity index (χ2v) is 5.11. The highest BCUT2D eigenvalue weighted by Gasteiger charge is 2.08. The molecule has 0 amide bonds. The maximum Gasteiger partial charge on any atom is 0.177 e. The number of terminal acetylenes is 1. The highest BCUT2D eigenvalue weighted by molar-refractivity contribution is 7.81. The topological polar surface area (TPSA) is 46.8 Å². The van der Waals surface area contributed by atoms with Gasteiger partial charge in [0.25, 0.3) is 0 Å². The first-order valence-corrected chi connectivity index (χ1v) is 7.14. The lowest BCUT2D eigenvalue weighted by Crippen LogP contribution is -2.10. The number of nitrogens with one attached hydrogen (secondary N) is 1. The number of furan rings is 1. The number of benzene rings is 1. The van der Waals surface area contributed by atoms with Crippen molar-refractivity contribution in [3.8, 4) is 12.3 Å². The molecule has 112 valence electrons. The van der Waals surface area contributed by atoms with Crippen molar-refractivity contribution in [2.45, 2.75) is 6.92 Å². The number of anilines is 1. The van der Waals surface area contributed by atoms with Crippen LogP contribution in [0.1, 0.15) is 16.9 Å². The largest absolute Gasteiger partial charge is 0.469 e. The van der Waals surface area contributed by atoms with E-state index in [9.17, 15) is 0 Å². The van der Waals surface area contributed by atoms with E-state index in [1.807, 2.05) is 25.1 Å². The zero-order chi connectivity index (χ0) is 15.9. The number of hydrogen-bond donors (Lipinski definition) is 1. The Morgan fingerprint density at radius 3 is 3.05 bits per heavy atom. The van der Waals surface area contributed by atoms with Crippen LogP contribution in [0.2, 0.25) is 5.02 Å². The lowest BCUT2D eigenvalue weighted by atomic mass is 10.2. The first-order chi connectivity index (χ1) is 10.6. The number of halogens is 1. The standard InChI is InChI=1S/C16H13ClN2O2S/c1-3-7-21-18-10-12-9-13(4-5-15(12)17)19-16(22)14-6-8-20-11(14)2/h1,4-6,8-10H,7H2,2H3,(H,19,22). The molecule has 1 heterocycles. The summed E-state index contributed by atoms with van der Waals surface area (Å²) >= 11 is 11.5. The van der Waals surface area contributed by atoms with Crippen molar-refractivity contribution in [3.63, 3.8) is 0 Å². The Labute approximate surface area is 139 Å². The van der Waals surface area contributed by atoms with Crippen LogP contribution in [0, 0.1) is 19.3 Å². The fourth-order valence-electron chi connectivity index (χ4n) is 1.71. The second-order valence-electron chi connectivity index (χ2n) is 4.29. The first-order valence-electron chi connectivity index (χ1n) is 6.35. The quantitative estimate of drug-likeness (QED) is 0.295. The Morgan fingerprint density at radius 2 is 2.36 bits per heavy atom. The van der Waals surface area contributed by atoms with Gasteiger partial charge in [0.15, 0.2) is 6.61 Å². The van der Waals surface area contributed by atoms with Crippen molar-refractivity contribution in [2.75, 3.05) is 11.9 Å². The molecule has 6 heteroatoms. The second kappa shape index (κ2) is 7.64. The number of aryl methyl sites for hydroxylation is 1. The number of thiocarbonyl (C=S) groups is 1. The van der Waals surface area contributed by atoms with Crippen molar-refractivity contribution >= 4 is 40.7 Å². The molecule has 0 spiro atoms. The third-order valence-corrected chi connectivity index (χ3v) is 3.44. The van der Waals surface area contributed by atoms with Crippen LogP contribution < -0.4 is 5.32 Å². The molecule has 0 saturated carbocycles. The van der Waals surface area contributed by atoms with Gasteiger partial charge >= 0.3 is 0 Å². The normalized spacial score (nSPS) is 10.4. The molecule has 0 saturated heterocycles. The summed E-state index contributed by atoms with van der Waals surface area (Å²) in [6.07, 6.45) is 8.16. The van der Waals surface area contributed by atoms with Gasteiger partial charge in [0.2, 0.25) is 0 Å². The molecule has 2 aromatic rings. The molecule has 0 aliphatic heterocycles. The van der Waals surface area contributed by atoms with E-state index in [4.69, 9.17) is 39.5 Å². The molecule has 0 atom stereocenters. The molecule has 0 fully saturated rings. The van der Waals surface area contributed by atoms with Crippen molar-refractivity contribution in [1.82, 2.24) is 0 Å². The zero-order valence-corrected chi connectivity index (χ0v) is 13.4. The van der Waals surface area contributed by atoms with Gasteiger partial charge in [-0.2, -0.15) is 0 Å². The molecule has 2 rings (SSSR count). The molecule has 4 nitrogen and oxygen atoms in total.